The van der Waals surface area contributed by atoms with Gasteiger partial charge in [0.25, 0.3) is 16.3 Å². The number of H-pyrrole nitrogens is 1. The van der Waals surface area contributed by atoms with Crippen LogP contribution in [0.15, 0.2) is 45.6 Å². The Balaban J connectivity index is 2.14. The summed E-state index contributed by atoms with van der Waals surface area (Å²) in [7, 11) is 1.63. The molecule has 106 valence electrons. The van der Waals surface area contributed by atoms with Crippen LogP contribution in [0.25, 0.3) is 22.7 Å². The third-order valence-electron chi connectivity index (χ3n) is 3.11. The molecular weight excluding hydrogens is 293 g/mol. The SMILES string of the molecule is Cn1c(-c2ccc(F)cc2)ccc(-c2n[nH]c(=S)o2)c1=O. The lowest BCUT2D eigenvalue weighted by atomic mass is 10.1. The summed E-state index contributed by atoms with van der Waals surface area (Å²) in [6.07, 6.45) is 0. The quantitative estimate of drug-likeness (QED) is 0.739. The molecule has 0 saturated heterocycles. The van der Waals surface area contributed by atoms with Crippen molar-refractivity contribution in [1.29, 1.82) is 0 Å². The maximum atomic E-state index is 13.0. The zero-order chi connectivity index (χ0) is 15.0. The van der Waals surface area contributed by atoms with Gasteiger partial charge in [0.15, 0.2) is 0 Å². The van der Waals surface area contributed by atoms with Crippen molar-refractivity contribution >= 4 is 12.2 Å². The lowest BCUT2D eigenvalue weighted by Gasteiger charge is -2.09. The Morgan fingerprint density at radius 1 is 1.24 bits per heavy atom. The monoisotopic (exact) mass is 303 g/mol. The molecule has 1 N–H and O–H groups in total. The fourth-order valence-corrected chi connectivity index (χ4v) is 2.18. The van der Waals surface area contributed by atoms with Crippen molar-refractivity contribution in [2.45, 2.75) is 0 Å². The van der Waals surface area contributed by atoms with Gasteiger partial charge in [0.2, 0.25) is 0 Å². The van der Waals surface area contributed by atoms with E-state index in [2.05, 4.69) is 10.2 Å². The molecule has 5 nitrogen and oxygen atoms in total. The Bertz CT molecular complexity index is 909. The molecule has 3 rings (SSSR count). The van der Waals surface area contributed by atoms with E-state index in [0.29, 0.717) is 11.3 Å². The number of pyridine rings is 1. The molecule has 0 atom stereocenters. The molecule has 0 bridgehead atoms. The van der Waals surface area contributed by atoms with Gasteiger partial charge in [-0.3, -0.25) is 4.79 Å². The van der Waals surface area contributed by atoms with Gasteiger partial charge in [-0.1, -0.05) is 0 Å². The van der Waals surface area contributed by atoms with Crippen LogP contribution in [0.4, 0.5) is 4.39 Å². The van der Waals surface area contributed by atoms with Crippen molar-refractivity contribution in [2.75, 3.05) is 0 Å². The lowest BCUT2D eigenvalue weighted by molar-refractivity contribution is 0.550. The Morgan fingerprint density at radius 3 is 2.57 bits per heavy atom. The fraction of sp³-hybridized carbons (Fsp3) is 0.0714. The molecule has 21 heavy (non-hydrogen) atoms. The zero-order valence-electron chi connectivity index (χ0n) is 11.0. The van der Waals surface area contributed by atoms with E-state index in [1.165, 1.54) is 16.7 Å². The molecule has 0 aliphatic heterocycles. The van der Waals surface area contributed by atoms with Crippen LogP contribution in [-0.4, -0.2) is 14.8 Å². The second-order valence-electron chi connectivity index (χ2n) is 4.42. The number of rotatable bonds is 2. The lowest BCUT2D eigenvalue weighted by Crippen LogP contribution is -2.20. The Kier molecular flexibility index (Phi) is 3.26. The van der Waals surface area contributed by atoms with Gasteiger partial charge in [0, 0.05) is 7.05 Å². The molecule has 7 heteroatoms. The minimum atomic E-state index is -0.325. The average Bonchev–Trinajstić information content (AvgIpc) is 2.89. The number of aromatic amines is 1. The molecule has 0 unspecified atom stereocenters. The molecule has 0 saturated carbocycles. The predicted molar refractivity (Wildman–Crippen MR) is 77.8 cm³/mol. The van der Waals surface area contributed by atoms with Gasteiger partial charge in [-0.05, 0) is 54.2 Å². The highest BCUT2D eigenvalue weighted by Crippen LogP contribution is 2.20. The highest BCUT2D eigenvalue weighted by molar-refractivity contribution is 7.71. The average molecular weight is 303 g/mol. The number of aromatic nitrogens is 3. The zero-order valence-corrected chi connectivity index (χ0v) is 11.8. The first kappa shape index (κ1) is 13.4. The minimum Gasteiger partial charge on any atom is -0.409 e. The van der Waals surface area contributed by atoms with Crippen LogP contribution in [0.5, 0.6) is 0 Å². The van der Waals surface area contributed by atoms with Gasteiger partial charge in [-0.15, -0.1) is 5.10 Å². The van der Waals surface area contributed by atoms with Crippen LogP contribution in [0, 0.1) is 10.7 Å². The van der Waals surface area contributed by atoms with Gasteiger partial charge >= 0.3 is 0 Å². The third kappa shape index (κ3) is 2.43. The topological polar surface area (TPSA) is 63.8 Å². The number of nitrogens with zero attached hydrogens (tertiary/aromatic N) is 2. The Labute approximate surface area is 123 Å². The van der Waals surface area contributed by atoms with Crippen molar-refractivity contribution in [1.82, 2.24) is 14.8 Å². The number of nitrogens with one attached hydrogen (secondary N) is 1. The van der Waals surface area contributed by atoms with Gasteiger partial charge in [-0.2, -0.15) is 0 Å². The second-order valence-corrected chi connectivity index (χ2v) is 4.79. The summed E-state index contributed by atoms with van der Waals surface area (Å²) in [6.45, 7) is 0. The van der Waals surface area contributed by atoms with Crippen molar-refractivity contribution in [3.05, 3.63) is 57.4 Å². The van der Waals surface area contributed by atoms with Crippen molar-refractivity contribution in [2.24, 2.45) is 7.05 Å². The van der Waals surface area contributed by atoms with Crippen LogP contribution >= 0.6 is 12.2 Å². The molecular formula is C14H10FN3O2S. The van der Waals surface area contributed by atoms with Crippen LogP contribution in [0.2, 0.25) is 0 Å². The molecule has 2 heterocycles. The van der Waals surface area contributed by atoms with Crippen molar-refractivity contribution in [3.8, 4) is 22.7 Å². The number of halogens is 1. The first-order valence-corrected chi connectivity index (χ1v) is 6.49. The summed E-state index contributed by atoms with van der Waals surface area (Å²) >= 11 is 4.79. The highest BCUT2D eigenvalue weighted by atomic mass is 32.1. The summed E-state index contributed by atoms with van der Waals surface area (Å²) < 4.78 is 19.6. The smallest absolute Gasteiger partial charge is 0.284 e. The molecule has 0 fully saturated rings. The van der Waals surface area contributed by atoms with Gasteiger partial charge < -0.3 is 8.98 Å². The van der Waals surface area contributed by atoms with Gasteiger partial charge in [0.1, 0.15) is 11.4 Å². The molecule has 1 aromatic carbocycles. The van der Waals surface area contributed by atoms with Crippen LogP contribution in [0.1, 0.15) is 0 Å². The van der Waals surface area contributed by atoms with E-state index in [1.807, 2.05) is 0 Å². The van der Waals surface area contributed by atoms with E-state index in [1.54, 1.807) is 31.3 Å². The third-order valence-corrected chi connectivity index (χ3v) is 3.29. The van der Waals surface area contributed by atoms with Crippen LogP contribution in [-0.2, 0) is 7.05 Å². The molecule has 0 aliphatic rings. The van der Waals surface area contributed by atoms with E-state index in [0.717, 1.165) is 5.56 Å². The number of hydrogen-bond donors (Lipinski definition) is 1. The first-order valence-electron chi connectivity index (χ1n) is 6.08. The summed E-state index contributed by atoms with van der Waals surface area (Å²) in [5.74, 6) is -0.181. The number of hydrogen-bond acceptors (Lipinski definition) is 4. The van der Waals surface area contributed by atoms with Crippen LogP contribution in [0.3, 0.4) is 0 Å². The summed E-state index contributed by atoms with van der Waals surface area (Å²) in [6, 6.07) is 9.28. The largest absolute Gasteiger partial charge is 0.409 e. The minimum absolute atomic E-state index is 0.106. The molecule has 2 aromatic heterocycles. The van der Waals surface area contributed by atoms with Gasteiger partial charge in [-0.25, -0.2) is 9.49 Å². The molecule has 0 radical (unpaired) electrons. The van der Waals surface area contributed by atoms with Crippen molar-refractivity contribution in [3.63, 3.8) is 0 Å². The van der Waals surface area contributed by atoms with E-state index >= 15 is 0 Å². The van der Waals surface area contributed by atoms with Crippen molar-refractivity contribution < 1.29 is 8.81 Å². The first-order chi connectivity index (χ1) is 10.1. The highest BCUT2D eigenvalue weighted by Gasteiger charge is 2.13. The summed E-state index contributed by atoms with van der Waals surface area (Å²) in [4.78, 5) is 12.5. The van der Waals surface area contributed by atoms with E-state index in [4.69, 9.17) is 16.6 Å². The maximum Gasteiger partial charge on any atom is 0.284 e. The standard InChI is InChI=1S/C14H10FN3O2S/c1-18-11(8-2-4-9(15)5-3-8)7-6-10(13(18)19)12-16-17-14(21)20-12/h2-7H,1H3,(H,17,21). The predicted octanol–water partition coefficient (Wildman–Crippen LogP) is 2.90. The summed E-state index contributed by atoms with van der Waals surface area (Å²) in [5, 5.41) is 6.32. The second kappa shape index (κ2) is 5.10. The van der Waals surface area contributed by atoms with E-state index in [9.17, 15) is 9.18 Å². The number of benzene rings is 1. The van der Waals surface area contributed by atoms with E-state index < -0.39 is 0 Å². The van der Waals surface area contributed by atoms with Gasteiger partial charge in [0.05, 0.1) is 5.69 Å². The van der Waals surface area contributed by atoms with E-state index in [-0.39, 0.29) is 22.1 Å². The fourth-order valence-electron chi connectivity index (χ4n) is 2.05. The molecule has 0 amide bonds. The Morgan fingerprint density at radius 2 is 1.95 bits per heavy atom. The molecule has 0 aliphatic carbocycles. The van der Waals surface area contributed by atoms with Crippen LogP contribution < -0.4 is 5.56 Å². The molecule has 0 spiro atoms. The Hall–Kier alpha value is -2.54. The normalized spacial score (nSPS) is 10.8. The maximum absolute atomic E-state index is 13.0. The molecule has 3 aromatic rings. The summed E-state index contributed by atoms with van der Waals surface area (Å²) in [5.41, 5.74) is 1.43.